The van der Waals surface area contributed by atoms with E-state index >= 15 is 0 Å². The van der Waals surface area contributed by atoms with E-state index in [1.165, 1.54) is 28.0 Å². The van der Waals surface area contributed by atoms with Gasteiger partial charge in [-0.25, -0.2) is 9.78 Å². The number of carbonyl (C=O) groups is 2. The van der Waals surface area contributed by atoms with Crippen LogP contribution in [0.1, 0.15) is 28.0 Å². The van der Waals surface area contributed by atoms with Crippen LogP contribution in [-0.2, 0) is 4.79 Å². The van der Waals surface area contributed by atoms with Crippen molar-refractivity contribution in [1.29, 1.82) is 0 Å². The second-order valence-corrected chi connectivity index (χ2v) is 9.89. The van der Waals surface area contributed by atoms with Crippen LogP contribution in [0.3, 0.4) is 0 Å². The first-order valence-electron chi connectivity index (χ1n) is 10.1. The maximum Gasteiger partial charge on any atom is 0.324 e. The zero-order chi connectivity index (χ0) is 22.3. The van der Waals surface area contributed by atoms with Gasteiger partial charge in [-0.15, -0.1) is 11.3 Å². The zero-order valence-electron chi connectivity index (χ0n) is 17.9. The molecule has 7 nitrogen and oxygen atoms in total. The van der Waals surface area contributed by atoms with Crippen LogP contribution in [0.15, 0.2) is 28.2 Å². The van der Waals surface area contributed by atoms with Gasteiger partial charge in [-0.1, -0.05) is 23.9 Å². The summed E-state index contributed by atoms with van der Waals surface area (Å²) >= 11 is 3.01. The van der Waals surface area contributed by atoms with Crippen LogP contribution in [0.25, 0.3) is 15.9 Å². The fourth-order valence-electron chi connectivity index (χ4n) is 3.63. The van der Waals surface area contributed by atoms with Gasteiger partial charge in [0.05, 0.1) is 17.6 Å². The number of carbonyl (C=O) groups excluding carboxylic acids is 2. The number of benzene rings is 1. The van der Waals surface area contributed by atoms with E-state index in [9.17, 15) is 14.4 Å². The fourth-order valence-corrected chi connectivity index (χ4v) is 5.63. The summed E-state index contributed by atoms with van der Waals surface area (Å²) in [5.74, 6) is 0.426. The Morgan fingerprint density at radius 1 is 1.13 bits per heavy atom. The molecule has 1 saturated heterocycles. The Kier molecular flexibility index (Phi) is 5.90. The van der Waals surface area contributed by atoms with Gasteiger partial charge in [0.1, 0.15) is 4.83 Å². The van der Waals surface area contributed by atoms with Crippen molar-refractivity contribution >= 4 is 45.3 Å². The molecule has 0 unspecified atom stereocenters. The molecular weight excluding hydrogens is 432 g/mol. The number of imide groups is 1. The van der Waals surface area contributed by atoms with Crippen molar-refractivity contribution in [2.45, 2.75) is 39.3 Å². The van der Waals surface area contributed by atoms with Crippen molar-refractivity contribution in [2.24, 2.45) is 0 Å². The van der Waals surface area contributed by atoms with Crippen LogP contribution in [-0.4, -0.2) is 45.2 Å². The molecule has 0 aliphatic carbocycles. The molecule has 1 aliphatic heterocycles. The van der Waals surface area contributed by atoms with Gasteiger partial charge in [0, 0.05) is 17.2 Å². The third-order valence-corrected chi connectivity index (χ3v) is 7.81. The van der Waals surface area contributed by atoms with Crippen LogP contribution < -0.4 is 10.9 Å². The Morgan fingerprint density at radius 2 is 1.90 bits per heavy atom. The lowest BCUT2D eigenvalue weighted by Crippen LogP contribution is -2.32. The molecule has 0 radical (unpaired) electrons. The number of hydrogen-bond donors (Lipinski definition) is 1. The van der Waals surface area contributed by atoms with Gasteiger partial charge in [-0.2, -0.15) is 0 Å². The Labute approximate surface area is 188 Å². The van der Waals surface area contributed by atoms with Crippen molar-refractivity contribution in [3.05, 3.63) is 50.1 Å². The van der Waals surface area contributed by atoms with E-state index in [2.05, 4.69) is 5.32 Å². The van der Waals surface area contributed by atoms with Crippen molar-refractivity contribution < 1.29 is 9.59 Å². The van der Waals surface area contributed by atoms with E-state index in [0.29, 0.717) is 29.3 Å². The van der Waals surface area contributed by atoms with Crippen LogP contribution in [0.2, 0.25) is 0 Å². The van der Waals surface area contributed by atoms with E-state index < -0.39 is 0 Å². The SMILES string of the molecule is Cc1cccc(-n2c(SCCCN3C(=O)CNC3=O)nc3sc(C)c(C)c3c2=O)c1C. The number of thioether (sulfide) groups is 1. The number of aryl methyl sites for hydroxylation is 3. The van der Waals surface area contributed by atoms with E-state index in [0.717, 1.165) is 32.1 Å². The highest BCUT2D eigenvalue weighted by atomic mass is 32.2. The van der Waals surface area contributed by atoms with Crippen LogP contribution in [0.4, 0.5) is 4.79 Å². The number of nitrogens with one attached hydrogen (secondary N) is 1. The molecule has 1 aromatic carbocycles. The molecule has 1 N–H and O–H groups in total. The Balaban J connectivity index is 1.70. The average Bonchev–Trinajstić information content (AvgIpc) is 3.20. The van der Waals surface area contributed by atoms with Crippen LogP contribution in [0, 0.1) is 27.7 Å². The Morgan fingerprint density at radius 3 is 2.61 bits per heavy atom. The molecular formula is C22H24N4O3S2. The molecule has 0 bridgehead atoms. The van der Waals surface area contributed by atoms with Crippen LogP contribution in [0.5, 0.6) is 0 Å². The molecule has 162 valence electrons. The lowest BCUT2D eigenvalue weighted by molar-refractivity contribution is -0.124. The van der Waals surface area contributed by atoms with E-state index in [1.807, 2.05) is 45.9 Å². The topological polar surface area (TPSA) is 84.3 Å². The lowest BCUT2D eigenvalue weighted by Gasteiger charge is -2.16. The highest BCUT2D eigenvalue weighted by Gasteiger charge is 2.27. The molecule has 0 saturated carbocycles. The molecule has 0 atom stereocenters. The first-order valence-corrected chi connectivity index (χ1v) is 11.9. The number of fused-ring (bicyclic) bond motifs is 1. The smallest absolute Gasteiger partial charge is 0.324 e. The van der Waals surface area contributed by atoms with Crippen molar-refractivity contribution in [1.82, 2.24) is 19.8 Å². The molecule has 0 spiro atoms. The van der Waals surface area contributed by atoms with Gasteiger partial charge < -0.3 is 5.32 Å². The number of urea groups is 1. The summed E-state index contributed by atoms with van der Waals surface area (Å²) in [5, 5.41) is 3.83. The first-order chi connectivity index (χ1) is 14.8. The summed E-state index contributed by atoms with van der Waals surface area (Å²) in [7, 11) is 0. The summed E-state index contributed by atoms with van der Waals surface area (Å²) in [6.45, 7) is 8.43. The minimum Gasteiger partial charge on any atom is -0.329 e. The molecule has 3 aromatic rings. The summed E-state index contributed by atoms with van der Waals surface area (Å²) in [6, 6.07) is 5.59. The molecule has 1 fully saturated rings. The predicted molar refractivity (Wildman–Crippen MR) is 125 cm³/mol. The maximum atomic E-state index is 13.6. The zero-order valence-corrected chi connectivity index (χ0v) is 19.6. The first kappa shape index (κ1) is 21.6. The third kappa shape index (κ3) is 3.87. The molecule has 9 heteroatoms. The molecule has 4 rings (SSSR count). The van der Waals surface area contributed by atoms with Crippen LogP contribution >= 0.6 is 23.1 Å². The number of thiophene rings is 1. The van der Waals surface area contributed by atoms with Gasteiger partial charge >= 0.3 is 6.03 Å². The molecule has 1 aliphatic rings. The predicted octanol–water partition coefficient (Wildman–Crippen LogP) is 3.71. The monoisotopic (exact) mass is 456 g/mol. The summed E-state index contributed by atoms with van der Waals surface area (Å²) in [4.78, 5) is 45.0. The Hall–Kier alpha value is -2.65. The van der Waals surface area contributed by atoms with Gasteiger partial charge in [-0.3, -0.25) is 19.1 Å². The molecule has 2 aromatic heterocycles. The second kappa shape index (κ2) is 8.47. The highest BCUT2D eigenvalue weighted by Crippen LogP contribution is 2.30. The van der Waals surface area contributed by atoms with E-state index in [-0.39, 0.29) is 24.0 Å². The van der Waals surface area contributed by atoms with Crippen molar-refractivity contribution in [2.75, 3.05) is 18.8 Å². The van der Waals surface area contributed by atoms with E-state index in [1.54, 1.807) is 4.57 Å². The van der Waals surface area contributed by atoms with Crippen molar-refractivity contribution in [3.63, 3.8) is 0 Å². The quantitative estimate of drug-likeness (QED) is 0.265. The lowest BCUT2D eigenvalue weighted by atomic mass is 10.1. The number of hydrogen-bond acceptors (Lipinski definition) is 6. The summed E-state index contributed by atoms with van der Waals surface area (Å²) in [5.41, 5.74) is 3.90. The van der Waals surface area contributed by atoms with Gasteiger partial charge in [0.15, 0.2) is 5.16 Å². The number of aromatic nitrogens is 2. The number of rotatable bonds is 6. The highest BCUT2D eigenvalue weighted by molar-refractivity contribution is 7.99. The largest absolute Gasteiger partial charge is 0.329 e. The standard InChI is InChI=1S/C22H24N4O3S2/c1-12-7-5-8-16(13(12)2)26-20(28)18-14(3)15(4)31-19(18)24-22(26)30-10-6-9-25-17(27)11-23-21(25)29/h5,7-8H,6,9-11H2,1-4H3,(H,23,29). The number of amides is 3. The van der Waals surface area contributed by atoms with Gasteiger partial charge in [-0.05, 0) is 56.9 Å². The van der Waals surface area contributed by atoms with Gasteiger partial charge in [0.2, 0.25) is 5.91 Å². The fraction of sp³-hybridized carbons (Fsp3) is 0.364. The minimum atomic E-state index is -0.341. The minimum absolute atomic E-state index is 0.0582. The average molecular weight is 457 g/mol. The Bertz CT molecular complexity index is 1250. The molecule has 3 amide bonds. The summed E-state index contributed by atoms with van der Waals surface area (Å²) < 4.78 is 1.71. The summed E-state index contributed by atoms with van der Waals surface area (Å²) in [6.07, 6.45) is 0.618. The maximum absolute atomic E-state index is 13.6. The third-order valence-electron chi connectivity index (χ3n) is 5.68. The van der Waals surface area contributed by atoms with Gasteiger partial charge in [0.25, 0.3) is 5.56 Å². The molecule has 31 heavy (non-hydrogen) atoms. The second-order valence-electron chi connectivity index (χ2n) is 7.62. The van der Waals surface area contributed by atoms with E-state index in [4.69, 9.17) is 4.98 Å². The number of nitrogens with zero attached hydrogens (tertiary/aromatic N) is 3. The van der Waals surface area contributed by atoms with Crippen molar-refractivity contribution in [3.8, 4) is 5.69 Å². The normalized spacial score (nSPS) is 14.0. The molecule has 3 heterocycles.